The molecule has 1 aromatic heterocycles. The van der Waals surface area contributed by atoms with Crippen LogP contribution in [-0.4, -0.2) is 10.2 Å². The number of aromatic amines is 1. The van der Waals surface area contributed by atoms with E-state index in [-0.39, 0.29) is 12.3 Å². The lowest BCUT2D eigenvalue weighted by Gasteiger charge is -1.98. The van der Waals surface area contributed by atoms with Crippen LogP contribution in [-0.2, 0) is 0 Å². The van der Waals surface area contributed by atoms with Crippen molar-refractivity contribution in [2.75, 3.05) is 0 Å². The number of nitrogens with one attached hydrogen (secondary N) is 1. The van der Waals surface area contributed by atoms with E-state index in [0.717, 1.165) is 10.0 Å². The lowest BCUT2D eigenvalue weighted by atomic mass is 10.1. The molecule has 1 N–H and O–H groups in total. The maximum atomic E-state index is 7.57. The van der Waals surface area contributed by atoms with Gasteiger partial charge in [-0.1, -0.05) is 34.1 Å². The molecule has 0 saturated heterocycles. The molecule has 2 nitrogen and oxygen atoms in total. The van der Waals surface area contributed by atoms with E-state index < -0.39 is 0 Å². The first-order valence-electron chi connectivity index (χ1n) is 4.46. The highest BCUT2D eigenvalue weighted by molar-refractivity contribution is 9.10. The van der Waals surface area contributed by atoms with E-state index in [0.29, 0.717) is 5.56 Å². The van der Waals surface area contributed by atoms with Crippen molar-refractivity contribution in [1.82, 2.24) is 10.2 Å². The number of hydrogen-bond acceptors (Lipinski definition) is 1. The van der Waals surface area contributed by atoms with Crippen LogP contribution in [0.4, 0.5) is 0 Å². The number of H-pyrrole nitrogens is 1. The summed E-state index contributed by atoms with van der Waals surface area (Å²) in [6.07, 6.45) is 0.267. The number of hydrogen-bond donors (Lipinski definition) is 1. The van der Waals surface area contributed by atoms with Crippen LogP contribution < -0.4 is 0 Å². The molecule has 0 unspecified atom stereocenters. The summed E-state index contributed by atoms with van der Waals surface area (Å²) in [5.41, 5.74) is 1.34. The molecule has 0 fully saturated rings. The van der Waals surface area contributed by atoms with Gasteiger partial charge in [-0.25, -0.2) is 0 Å². The number of halogens is 1. The third-order valence-corrected chi connectivity index (χ3v) is 2.24. The van der Waals surface area contributed by atoms with Crippen LogP contribution in [0.15, 0.2) is 41.1 Å². The molecule has 0 radical (unpaired) electrons. The fourth-order valence-electron chi connectivity index (χ4n) is 0.987. The summed E-state index contributed by atoms with van der Waals surface area (Å²) in [6.45, 7) is 0. The van der Waals surface area contributed by atoms with Crippen LogP contribution >= 0.6 is 15.9 Å². The van der Waals surface area contributed by atoms with Crippen molar-refractivity contribution < 1.29 is 2.74 Å². The van der Waals surface area contributed by atoms with Gasteiger partial charge in [-0.3, -0.25) is 5.10 Å². The Bertz CT molecular complexity index is 448. The van der Waals surface area contributed by atoms with E-state index in [1.165, 1.54) is 0 Å². The molecule has 0 aliphatic heterocycles. The molecule has 0 amide bonds. The van der Waals surface area contributed by atoms with E-state index in [2.05, 4.69) is 26.1 Å². The summed E-state index contributed by atoms with van der Waals surface area (Å²) in [4.78, 5) is 0. The first-order valence-corrected chi connectivity index (χ1v) is 4.26. The zero-order valence-electron chi connectivity index (χ0n) is 8.13. The molecule has 0 saturated carbocycles. The molecule has 2 aromatic rings. The quantitative estimate of drug-likeness (QED) is 0.794. The Morgan fingerprint density at radius 2 is 2.25 bits per heavy atom. The lowest BCUT2D eigenvalue weighted by Crippen LogP contribution is -1.74. The minimum Gasteiger partial charge on any atom is -0.285 e. The average Bonchev–Trinajstić information content (AvgIpc) is 2.48. The third kappa shape index (κ3) is 1.28. The molecule has 1 aromatic carbocycles. The molecule has 0 bridgehead atoms. The molecule has 1 heterocycles. The van der Waals surface area contributed by atoms with Crippen LogP contribution in [0.2, 0.25) is 0 Å². The van der Waals surface area contributed by atoms with Gasteiger partial charge in [-0.2, -0.15) is 5.10 Å². The predicted molar refractivity (Wildman–Crippen MR) is 51.7 cm³/mol. The van der Waals surface area contributed by atoms with Gasteiger partial charge in [0.25, 0.3) is 0 Å². The van der Waals surface area contributed by atoms with Crippen molar-refractivity contribution >= 4 is 15.9 Å². The molecule has 2 rings (SSSR count). The molecule has 0 atom stereocenters. The fraction of sp³-hybridized carbons (Fsp3) is 0. The van der Waals surface area contributed by atoms with Crippen molar-refractivity contribution in [3.05, 3.63) is 41.1 Å². The van der Waals surface area contributed by atoms with Crippen LogP contribution in [0.1, 0.15) is 2.74 Å². The average molecular weight is 225 g/mol. The molecule has 0 aliphatic carbocycles. The standard InChI is InChI=1S/C9H7BrN2/c10-9-4-2-1-3-8(9)7-5-11-12-6-7/h1-6H,(H,11,12)/i5D,6D. The summed E-state index contributed by atoms with van der Waals surface area (Å²) < 4.78 is 16.0. The highest BCUT2D eigenvalue weighted by Crippen LogP contribution is 2.26. The van der Waals surface area contributed by atoms with Gasteiger partial charge in [0, 0.05) is 16.2 Å². The Kier molecular flexibility index (Phi) is 1.43. The van der Waals surface area contributed by atoms with E-state index in [1.54, 1.807) is 0 Å². The maximum absolute atomic E-state index is 7.57. The van der Waals surface area contributed by atoms with Gasteiger partial charge in [0.05, 0.1) is 8.91 Å². The van der Waals surface area contributed by atoms with Gasteiger partial charge in [-0.05, 0) is 11.6 Å². The van der Waals surface area contributed by atoms with Crippen molar-refractivity contribution in [2.45, 2.75) is 0 Å². The summed E-state index contributed by atoms with van der Waals surface area (Å²) in [5, 5.41) is 6.14. The maximum Gasteiger partial charge on any atom is 0.0866 e. The lowest BCUT2D eigenvalue weighted by molar-refractivity contribution is 1.09. The van der Waals surface area contributed by atoms with Crippen molar-refractivity contribution in [2.24, 2.45) is 0 Å². The highest BCUT2D eigenvalue weighted by atomic mass is 79.9. The van der Waals surface area contributed by atoms with Crippen LogP contribution in [0.5, 0.6) is 0 Å². The van der Waals surface area contributed by atoms with E-state index >= 15 is 0 Å². The Morgan fingerprint density at radius 1 is 1.42 bits per heavy atom. The molecular weight excluding hydrogens is 216 g/mol. The largest absolute Gasteiger partial charge is 0.285 e. The number of nitrogens with zero attached hydrogens (tertiary/aromatic N) is 1. The van der Waals surface area contributed by atoms with Crippen molar-refractivity contribution in [3.8, 4) is 11.1 Å². The van der Waals surface area contributed by atoms with Gasteiger partial charge in [0.15, 0.2) is 0 Å². The first-order chi connectivity index (χ1) is 6.70. The topological polar surface area (TPSA) is 28.7 Å². The Morgan fingerprint density at radius 3 is 2.92 bits per heavy atom. The highest BCUT2D eigenvalue weighted by Gasteiger charge is 2.01. The van der Waals surface area contributed by atoms with Gasteiger partial charge < -0.3 is 0 Å². The van der Waals surface area contributed by atoms with Crippen LogP contribution in [0, 0.1) is 0 Å². The number of aromatic nitrogens is 2. The van der Waals surface area contributed by atoms with Crippen LogP contribution in [0.25, 0.3) is 11.1 Å². The van der Waals surface area contributed by atoms with Gasteiger partial charge in [-0.15, -0.1) is 0 Å². The van der Waals surface area contributed by atoms with E-state index in [9.17, 15) is 0 Å². The second kappa shape index (κ2) is 3.11. The third-order valence-electron chi connectivity index (χ3n) is 1.55. The van der Waals surface area contributed by atoms with E-state index in [4.69, 9.17) is 2.74 Å². The predicted octanol–water partition coefficient (Wildman–Crippen LogP) is 2.84. The minimum absolute atomic E-state index is 0.0990. The number of rotatable bonds is 1. The zero-order valence-corrected chi connectivity index (χ0v) is 7.72. The van der Waals surface area contributed by atoms with E-state index in [1.807, 2.05) is 24.3 Å². The molecular formula is C9H7BrN2. The van der Waals surface area contributed by atoms with Crippen molar-refractivity contribution in [1.29, 1.82) is 0 Å². The second-order valence-electron chi connectivity index (χ2n) is 2.32. The Labute approximate surface area is 81.6 Å². The monoisotopic (exact) mass is 224 g/mol. The first kappa shape index (κ1) is 5.54. The molecule has 12 heavy (non-hydrogen) atoms. The zero-order chi connectivity index (χ0) is 10.1. The summed E-state index contributed by atoms with van der Waals surface area (Å²) in [5.74, 6) is 0. The number of benzene rings is 1. The molecule has 60 valence electrons. The Balaban J connectivity index is 2.66. The molecule has 0 spiro atoms. The summed E-state index contributed by atoms with van der Waals surface area (Å²) in [6, 6.07) is 7.49. The van der Waals surface area contributed by atoms with Gasteiger partial charge >= 0.3 is 0 Å². The van der Waals surface area contributed by atoms with Crippen LogP contribution in [0.3, 0.4) is 0 Å². The fourth-order valence-corrected chi connectivity index (χ4v) is 1.47. The second-order valence-corrected chi connectivity index (χ2v) is 3.17. The SMILES string of the molecule is [2H]c1n[nH]c([2H])c1-c1ccccc1Br. The summed E-state index contributed by atoms with van der Waals surface area (Å²) in [7, 11) is 0. The smallest absolute Gasteiger partial charge is 0.0866 e. The molecule has 0 aliphatic rings. The van der Waals surface area contributed by atoms with Gasteiger partial charge in [0.1, 0.15) is 0 Å². The van der Waals surface area contributed by atoms with Gasteiger partial charge in [0.2, 0.25) is 0 Å². The van der Waals surface area contributed by atoms with Crippen molar-refractivity contribution in [3.63, 3.8) is 0 Å². The minimum atomic E-state index is 0.0990. The normalized spacial score (nSPS) is 12.4. The molecule has 3 heteroatoms. The summed E-state index contributed by atoms with van der Waals surface area (Å²) >= 11 is 3.38. The Hall–Kier alpha value is -1.09.